The molecule has 2 N–H and O–H groups in total. The number of aliphatic hydroxyl groups excluding tert-OH is 1. The van der Waals surface area contributed by atoms with Crippen molar-refractivity contribution in [3.8, 4) is 6.07 Å². The third-order valence-corrected chi connectivity index (χ3v) is 3.59. The topological polar surface area (TPSA) is 68.9 Å². The maximum Gasteiger partial charge on any atom is 0.125 e. The van der Waals surface area contributed by atoms with Crippen LogP contribution in [0.3, 0.4) is 0 Å². The van der Waals surface area contributed by atoms with E-state index in [0.717, 1.165) is 18.8 Å². The van der Waals surface area contributed by atoms with Crippen LogP contribution < -0.4 is 5.32 Å². The Labute approximate surface area is 101 Å². The smallest absolute Gasteiger partial charge is 0.125 e. The third-order valence-electron chi connectivity index (χ3n) is 3.59. The Kier molecular flexibility index (Phi) is 3.60. The van der Waals surface area contributed by atoms with E-state index >= 15 is 0 Å². The van der Waals surface area contributed by atoms with Gasteiger partial charge in [-0.25, -0.2) is 4.98 Å². The molecule has 1 aliphatic carbocycles. The predicted octanol–water partition coefficient (Wildman–Crippen LogP) is 1.92. The summed E-state index contributed by atoms with van der Waals surface area (Å²) in [6.45, 7) is 1.11. The monoisotopic (exact) mass is 231 g/mol. The number of nitrogens with zero attached hydrogens (tertiary/aromatic N) is 2. The van der Waals surface area contributed by atoms with E-state index in [1.54, 1.807) is 12.3 Å². The van der Waals surface area contributed by atoms with Crippen LogP contribution in [0.15, 0.2) is 18.3 Å². The summed E-state index contributed by atoms with van der Waals surface area (Å²) in [4.78, 5) is 4.17. The lowest BCUT2D eigenvalue weighted by atomic mass is 9.67. The molecule has 17 heavy (non-hydrogen) atoms. The summed E-state index contributed by atoms with van der Waals surface area (Å²) < 4.78 is 0. The number of nitriles is 1. The second-order valence-corrected chi connectivity index (χ2v) is 4.72. The lowest BCUT2D eigenvalue weighted by Crippen LogP contribution is -2.37. The number of nitrogens with one attached hydrogen (secondary N) is 1. The largest absolute Gasteiger partial charge is 0.396 e. The molecule has 90 valence electrons. The number of hydrogen-bond donors (Lipinski definition) is 2. The Morgan fingerprint density at radius 2 is 2.29 bits per heavy atom. The molecular weight excluding hydrogens is 214 g/mol. The minimum atomic E-state index is 0.252. The Bertz CT molecular complexity index is 404. The molecule has 4 nitrogen and oxygen atoms in total. The van der Waals surface area contributed by atoms with Gasteiger partial charge in [0.1, 0.15) is 11.9 Å². The molecule has 0 spiro atoms. The fourth-order valence-electron chi connectivity index (χ4n) is 2.27. The highest BCUT2D eigenvalue weighted by Gasteiger charge is 2.35. The van der Waals surface area contributed by atoms with Crippen LogP contribution in [-0.2, 0) is 0 Å². The second-order valence-electron chi connectivity index (χ2n) is 4.72. The molecule has 1 saturated carbocycles. The second kappa shape index (κ2) is 5.15. The molecule has 1 aromatic rings. The molecule has 0 atom stereocenters. The Hall–Kier alpha value is -1.60. The molecule has 2 rings (SSSR count). The molecule has 0 radical (unpaired) electrons. The van der Waals surface area contributed by atoms with Crippen LogP contribution in [0.4, 0.5) is 5.82 Å². The van der Waals surface area contributed by atoms with Crippen molar-refractivity contribution in [1.82, 2.24) is 4.98 Å². The zero-order chi connectivity index (χ0) is 12.1. The van der Waals surface area contributed by atoms with E-state index in [2.05, 4.69) is 10.3 Å². The minimum absolute atomic E-state index is 0.252. The molecule has 0 aliphatic heterocycles. The van der Waals surface area contributed by atoms with E-state index < -0.39 is 0 Å². The van der Waals surface area contributed by atoms with E-state index in [-0.39, 0.29) is 12.0 Å². The van der Waals surface area contributed by atoms with Crippen LogP contribution in [0.5, 0.6) is 0 Å². The quantitative estimate of drug-likeness (QED) is 0.812. The maximum atomic E-state index is 9.05. The highest BCUT2D eigenvalue weighted by molar-refractivity contribution is 5.39. The van der Waals surface area contributed by atoms with Gasteiger partial charge in [-0.2, -0.15) is 5.26 Å². The standard InChI is InChI=1S/C13H17N3O/c14-8-11-2-3-12(15-9-11)16-10-13(6-7-17)4-1-5-13/h2-3,9,17H,1,4-7,10H2,(H,15,16). The molecule has 0 bridgehead atoms. The van der Waals surface area contributed by atoms with Crippen molar-refractivity contribution in [2.24, 2.45) is 5.41 Å². The van der Waals surface area contributed by atoms with Gasteiger partial charge in [0.05, 0.1) is 5.56 Å². The number of pyridine rings is 1. The van der Waals surface area contributed by atoms with Crippen LogP contribution in [0.25, 0.3) is 0 Å². The van der Waals surface area contributed by atoms with Crippen molar-refractivity contribution in [3.05, 3.63) is 23.9 Å². The first-order chi connectivity index (χ1) is 8.28. The van der Waals surface area contributed by atoms with E-state index in [1.807, 2.05) is 12.1 Å². The number of aromatic nitrogens is 1. The molecular formula is C13H17N3O. The Morgan fingerprint density at radius 3 is 2.76 bits per heavy atom. The fourth-order valence-corrected chi connectivity index (χ4v) is 2.27. The number of hydrogen-bond acceptors (Lipinski definition) is 4. The summed E-state index contributed by atoms with van der Waals surface area (Å²) >= 11 is 0. The molecule has 0 amide bonds. The summed E-state index contributed by atoms with van der Waals surface area (Å²) in [5.41, 5.74) is 0.828. The van der Waals surface area contributed by atoms with E-state index in [9.17, 15) is 0 Å². The van der Waals surface area contributed by atoms with Gasteiger partial charge in [-0.15, -0.1) is 0 Å². The first kappa shape index (κ1) is 11.9. The summed E-state index contributed by atoms with van der Waals surface area (Å²) in [6.07, 6.45) is 6.04. The average Bonchev–Trinajstić information content (AvgIpc) is 2.33. The van der Waals surface area contributed by atoms with E-state index in [1.165, 1.54) is 19.3 Å². The summed E-state index contributed by atoms with van der Waals surface area (Å²) in [7, 11) is 0. The number of rotatable bonds is 5. The van der Waals surface area contributed by atoms with Crippen molar-refractivity contribution < 1.29 is 5.11 Å². The van der Waals surface area contributed by atoms with Gasteiger partial charge in [0.15, 0.2) is 0 Å². The van der Waals surface area contributed by atoms with Crippen molar-refractivity contribution in [1.29, 1.82) is 5.26 Å². The van der Waals surface area contributed by atoms with Crippen molar-refractivity contribution in [2.45, 2.75) is 25.7 Å². The SMILES string of the molecule is N#Cc1ccc(NCC2(CCO)CCC2)nc1. The molecule has 0 aromatic carbocycles. The molecule has 0 unspecified atom stereocenters. The van der Waals surface area contributed by atoms with Crippen LogP contribution in [-0.4, -0.2) is 23.2 Å². The fraction of sp³-hybridized carbons (Fsp3) is 0.538. The predicted molar refractivity (Wildman–Crippen MR) is 65.4 cm³/mol. The van der Waals surface area contributed by atoms with Crippen LogP contribution >= 0.6 is 0 Å². The summed E-state index contributed by atoms with van der Waals surface area (Å²) in [6, 6.07) is 5.63. The van der Waals surface area contributed by atoms with Crippen LogP contribution in [0.2, 0.25) is 0 Å². The molecule has 0 saturated heterocycles. The highest BCUT2D eigenvalue weighted by atomic mass is 16.3. The summed E-state index contributed by atoms with van der Waals surface area (Å²) in [5, 5.41) is 21.0. The normalized spacial score (nSPS) is 16.9. The maximum absolute atomic E-state index is 9.05. The van der Waals surface area contributed by atoms with Crippen LogP contribution in [0, 0.1) is 16.7 Å². The minimum Gasteiger partial charge on any atom is -0.396 e. The third kappa shape index (κ3) is 2.75. The van der Waals surface area contributed by atoms with Gasteiger partial charge >= 0.3 is 0 Å². The van der Waals surface area contributed by atoms with Gasteiger partial charge in [0.2, 0.25) is 0 Å². The lowest BCUT2D eigenvalue weighted by molar-refractivity contribution is 0.102. The summed E-state index contributed by atoms with van der Waals surface area (Å²) in [5.74, 6) is 0.799. The van der Waals surface area contributed by atoms with E-state index in [4.69, 9.17) is 10.4 Å². The van der Waals surface area contributed by atoms with E-state index in [0.29, 0.717) is 5.56 Å². The van der Waals surface area contributed by atoms with Gasteiger partial charge in [-0.05, 0) is 36.8 Å². The van der Waals surface area contributed by atoms with Crippen LogP contribution in [0.1, 0.15) is 31.2 Å². The highest BCUT2D eigenvalue weighted by Crippen LogP contribution is 2.43. The molecule has 1 heterocycles. The van der Waals surface area contributed by atoms with Gasteiger partial charge in [-0.3, -0.25) is 0 Å². The van der Waals surface area contributed by atoms with Crippen molar-refractivity contribution in [3.63, 3.8) is 0 Å². The molecule has 1 aliphatic rings. The van der Waals surface area contributed by atoms with Gasteiger partial charge in [0, 0.05) is 19.3 Å². The van der Waals surface area contributed by atoms with Gasteiger partial charge in [-0.1, -0.05) is 6.42 Å². The number of aliphatic hydroxyl groups is 1. The molecule has 4 heteroatoms. The zero-order valence-corrected chi connectivity index (χ0v) is 9.82. The first-order valence-electron chi connectivity index (χ1n) is 5.99. The number of anilines is 1. The zero-order valence-electron chi connectivity index (χ0n) is 9.82. The lowest BCUT2D eigenvalue weighted by Gasteiger charge is -2.41. The Balaban J connectivity index is 1.90. The van der Waals surface area contributed by atoms with Crippen molar-refractivity contribution >= 4 is 5.82 Å². The average molecular weight is 231 g/mol. The molecule has 1 aromatic heterocycles. The van der Waals surface area contributed by atoms with Crippen molar-refractivity contribution in [2.75, 3.05) is 18.5 Å². The Morgan fingerprint density at radius 1 is 1.47 bits per heavy atom. The van der Waals surface area contributed by atoms with Gasteiger partial charge < -0.3 is 10.4 Å². The molecule has 1 fully saturated rings. The van der Waals surface area contributed by atoms with Gasteiger partial charge in [0.25, 0.3) is 0 Å². The first-order valence-corrected chi connectivity index (χ1v) is 5.99.